The van der Waals surface area contributed by atoms with Gasteiger partial charge in [0, 0.05) is 39.4 Å². The maximum absolute atomic E-state index is 5.60. The van der Waals surface area contributed by atoms with E-state index in [1.165, 1.54) is 38.5 Å². The van der Waals surface area contributed by atoms with E-state index < -0.39 is 0 Å². The van der Waals surface area contributed by atoms with Gasteiger partial charge in [-0.2, -0.15) is 0 Å². The molecular formula is C16H32N2O2. The van der Waals surface area contributed by atoms with Crippen LogP contribution in [0.3, 0.4) is 0 Å². The number of hydrogen-bond acceptors (Lipinski definition) is 4. The highest BCUT2D eigenvalue weighted by molar-refractivity contribution is 4.94. The molecule has 0 aromatic rings. The van der Waals surface area contributed by atoms with E-state index in [-0.39, 0.29) is 12.2 Å². The van der Waals surface area contributed by atoms with E-state index in [0.29, 0.717) is 12.1 Å². The first-order valence-electron chi connectivity index (χ1n) is 8.33. The summed E-state index contributed by atoms with van der Waals surface area (Å²) in [6.07, 6.45) is 8.42. The lowest BCUT2D eigenvalue weighted by molar-refractivity contribution is -0.00461. The van der Waals surface area contributed by atoms with Gasteiger partial charge in [0.15, 0.2) is 0 Å². The maximum atomic E-state index is 5.60. The van der Waals surface area contributed by atoms with E-state index in [1.807, 2.05) is 0 Å². The van der Waals surface area contributed by atoms with Gasteiger partial charge in [-0.25, -0.2) is 0 Å². The zero-order chi connectivity index (χ0) is 14.4. The van der Waals surface area contributed by atoms with Crippen LogP contribution in [0.4, 0.5) is 0 Å². The van der Waals surface area contributed by atoms with Crippen LogP contribution in [0, 0.1) is 0 Å². The number of hydrogen-bond donors (Lipinski definition) is 1. The summed E-state index contributed by atoms with van der Waals surface area (Å²) in [5.41, 5.74) is 0. The number of ether oxygens (including phenoxy) is 2. The van der Waals surface area contributed by atoms with E-state index in [4.69, 9.17) is 9.47 Å². The Morgan fingerprint density at radius 1 is 1.00 bits per heavy atom. The summed E-state index contributed by atoms with van der Waals surface area (Å²) in [7, 11) is 3.61. The smallest absolute Gasteiger partial charge is 0.0971 e. The van der Waals surface area contributed by atoms with E-state index >= 15 is 0 Å². The van der Waals surface area contributed by atoms with Crippen molar-refractivity contribution in [2.45, 2.75) is 69.7 Å². The lowest BCUT2D eigenvalue weighted by Crippen LogP contribution is -2.49. The Hall–Kier alpha value is -0.160. The van der Waals surface area contributed by atoms with Crippen LogP contribution in [0.25, 0.3) is 0 Å². The fraction of sp³-hybridized carbons (Fsp3) is 1.00. The first-order valence-corrected chi connectivity index (χ1v) is 8.33. The van der Waals surface area contributed by atoms with Gasteiger partial charge in [0.25, 0.3) is 0 Å². The minimum Gasteiger partial charge on any atom is -0.377 e. The largest absolute Gasteiger partial charge is 0.377 e. The summed E-state index contributed by atoms with van der Waals surface area (Å²) in [5.74, 6) is 0. The van der Waals surface area contributed by atoms with Gasteiger partial charge in [-0.1, -0.05) is 26.2 Å². The summed E-state index contributed by atoms with van der Waals surface area (Å²) < 4.78 is 11.2. The van der Waals surface area contributed by atoms with E-state index in [0.717, 1.165) is 19.6 Å². The standard InChI is InChI=1S/C16H32N2O2/c1-4-10-17-13-8-6-5-7-9-14(13)18-11-15(19-2)16(12-18)20-3/h13-17H,4-12H2,1-3H3. The first kappa shape index (κ1) is 16.2. The lowest BCUT2D eigenvalue weighted by atomic mass is 10.0. The van der Waals surface area contributed by atoms with Crippen LogP contribution in [-0.2, 0) is 9.47 Å². The first-order chi connectivity index (χ1) is 9.80. The predicted molar refractivity (Wildman–Crippen MR) is 82.1 cm³/mol. The number of methoxy groups -OCH3 is 2. The molecule has 4 atom stereocenters. The van der Waals surface area contributed by atoms with Gasteiger partial charge in [-0.15, -0.1) is 0 Å². The van der Waals surface area contributed by atoms with E-state index in [2.05, 4.69) is 17.1 Å². The number of nitrogens with zero attached hydrogens (tertiary/aromatic N) is 1. The van der Waals surface area contributed by atoms with Crippen LogP contribution >= 0.6 is 0 Å². The monoisotopic (exact) mass is 284 g/mol. The molecule has 4 heteroatoms. The van der Waals surface area contributed by atoms with Crippen LogP contribution in [0.15, 0.2) is 0 Å². The molecule has 1 aliphatic heterocycles. The molecule has 2 rings (SSSR count). The Morgan fingerprint density at radius 2 is 1.65 bits per heavy atom. The molecule has 20 heavy (non-hydrogen) atoms. The molecule has 0 aromatic heterocycles. The van der Waals surface area contributed by atoms with Gasteiger partial charge < -0.3 is 14.8 Å². The quantitative estimate of drug-likeness (QED) is 0.757. The van der Waals surface area contributed by atoms with Gasteiger partial charge >= 0.3 is 0 Å². The van der Waals surface area contributed by atoms with Gasteiger partial charge in [0.05, 0.1) is 12.2 Å². The molecule has 1 N–H and O–H groups in total. The van der Waals surface area contributed by atoms with Crippen molar-refractivity contribution in [3.8, 4) is 0 Å². The third kappa shape index (κ3) is 3.94. The van der Waals surface area contributed by atoms with Crippen LogP contribution in [0.2, 0.25) is 0 Å². The Morgan fingerprint density at radius 3 is 2.25 bits per heavy atom. The average molecular weight is 284 g/mol. The lowest BCUT2D eigenvalue weighted by Gasteiger charge is -2.34. The third-order valence-corrected chi connectivity index (χ3v) is 4.95. The molecule has 118 valence electrons. The van der Waals surface area contributed by atoms with Crippen molar-refractivity contribution in [2.75, 3.05) is 33.9 Å². The molecular weight excluding hydrogens is 252 g/mol. The van der Waals surface area contributed by atoms with E-state index in [9.17, 15) is 0 Å². The fourth-order valence-electron chi connectivity index (χ4n) is 3.79. The molecule has 2 aliphatic rings. The highest BCUT2D eigenvalue weighted by Gasteiger charge is 2.39. The molecule has 1 heterocycles. The molecule has 0 spiro atoms. The fourth-order valence-corrected chi connectivity index (χ4v) is 3.79. The van der Waals surface area contributed by atoms with Crippen molar-refractivity contribution in [2.24, 2.45) is 0 Å². The number of nitrogens with one attached hydrogen (secondary N) is 1. The van der Waals surface area contributed by atoms with Crippen molar-refractivity contribution in [3.05, 3.63) is 0 Å². The number of rotatable bonds is 6. The van der Waals surface area contributed by atoms with Crippen molar-refractivity contribution in [1.82, 2.24) is 10.2 Å². The second kappa shape index (κ2) is 8.32. The second-order valence-corrected chi connectivity index (χ2v) is 6.27. The molecule has 0 amide bonds. The Bertz CT molecular complexity index is 263. The summed E-state index contributed by atoms with van der Waals surface area (Å²) in [6, 6.07) is 1.30. The number of likely N-dealkylation sites (tertiary alicyclic amines) is 1. The zero-order valence-corrected chi connectivity index (χ0v) is 13.4. The van der Waals surface area contributed by atoms with Crippen molar-refractivity contribution in [3.63, 3.8) is 0 Å². The normalized spacial score (nSPS) is 36.1. The summed E-state index contributed by atoms with van der Waals surface area (Å²) in [6.45, 7) is 5.42. The highest BCUT2D eigenvalue weighted by Crippen LogP contribution is 2.27. The van der Waals surface area contributed by atoms with Gasteiger partial charge in [0.1, 0.15) is 0 Å². The Labute approximate surface area is 124 Å². The summed E-state index contributed by atoms with van der Waals surface area (Å²) in [4.78, 5) is 2.61. The topological polar surface area (TPSA) is 33.7 Å². The maximum Gasteiger partial charge on any atom is 0.0971 e. The molecule has 4 nitrogen and oxygen atoms in total. The molecule has 2 fully saturated rings. The predicted octanol–water partition coefficient (Wildman–Crippen LogP) is 2.03. The molecule has 0 bridgehead atoms. The van der Waals surface area contributed by atoms with Crippen LogP contribution in [-0.4, -0.2) is 63.0 Å². The average Bonchev–Trinajstić information content (AvgIpc) is 2.75. The minimum atomic E-state index is 0.232. The zero-order valence-electron chi connectivity index (χ0n) is 13.4. The molecule has 1 saturated heterocycles. The van der Waals surface area contributed by atoms with Gasteiger partial charge in [-0.05, 0) is 25.8 Å². The SMILES string of the molecule is CCCNC1CCCCCC1N1CC(OC)C(OC)C1. The summed E-state index contributed by atoms with van der Waals surface area (Å²) >= 11 is 0. The van der Waals surface area contributed by atoms with Crippen LogP contribution in [0.5, 0.6) is 0 Å². The second-order valence-electron chi connectivity index (χ2n) is 6.27. The van der Waals surface area contributed by atoms with E-state index in [1.54, 1.807) is 14.2 Å². The highest BCUT2D eigenvalue weighted by atomic mass is 16.5. The van der Waals surface area contributed by atoms with Crippen LogP contribution < -0.4 is 5.32 Å². The van der Waals surface area contributed by atoms with Crippen molar-refractivity contribution >= 4 is 0 Å². The van der Waals surface area contributed by atoms with Gasteiger partial charge in [-0.3, -0.25) is 4.90 Å². The minimum absolute atomic E-state index is 0.232. The molecule has 4 unspecified atom stereocenters. The van der Waals surface area contributed by atoms with Crippen LogP contribution in [0.1, 0.15) is 45.4 Å². The van der Waals surface area contributed by atoms with Crippen molar-refractivity contribution in [1.29, 1.82) is 0 Å². The molecule has 0 radical (unpaired) electrons. The third-order valence-electron chi connectivity index (χ3n) is 4.95. The molecule has 1 saturated carbocycles. The molecule has 1 aliphatic carbocycles. The Balaban J connectivity index is 1.99. The van der Waals surface area contributed by atoms with Crippen molar-refractivity contribution < 1.29 is 9.47 Å². The molecule has 0 aromatic carbocycles. The summed E-state index contributed by atoms with van der Waals surface area (Å²) in [5, 5.41) is 3.78. The van der Waals surface area contributed by atoms with Gasteiger partial charge in [0.2, 0.25) is 0 Å². The Kier molecular flexibility index (Phi) is 6.75.